The molecular formula is C19H24N2O4S. The zero-order valence-corrected chi connectivity index (χ0v) is 15.9. The van der Waals surface area contributed by atoms with E-state index in [1.165, 1.54) is 10.4 Å². The van der Waals surface area contributed by atoms with Crippen LogP contribution in [-0.2, 0) is 16.4 Å². The number of sulfonamides is 1. The number of hydrogen-bond acceptors (Lipinski definition) is 4. The number of hydrogen-bond donors (Lipinski definition) is 1. The molecule has 0 unspecified atom stereocenters. The number of amides is 1. The molecule has 1 saturated heterocycles. The first kappa shape index (κ1) is 18.7. The molecule has 0 aliphatic carbocycles. The van der Waals surface area contributed by atoms with Gasteiger partial charge < -0.3 is 9.73 Å². The highest BCUT2D eigenvalue weighted by Crippen LogP contribution is 2.26. The molecular weight excluding hydrogens is 352 g/mol. The summed E-state index contributed by atoms with van der Waals surface area (Å²) in [5, 5.41) is 2.72. The van der Waals surface area contributed by atoms with E-state index in [9.17, 15) is 13.2 Å². The predicted octanol–water partition coefficient (Wildman–Crippen LogP) is 3.58. The van der Waals surface area contributed by atoms with E-state index in [4.69, 9.17) is 4.42 Å². The van der Waals surface area contributed by atoms with E-state index >= 15 is 0 Å². The third-order valence-corrected chi connectivity index (χ3v) is 6.65. The summed E-state index contributed by atoms with van der Waals surface area (Å²) in [5.41, 5.74) is 1.10. The Morgan fingerprint density at radius 1 is 1.15 bits per heavy atom. The van der Waals surface area contributed by atoms with Crippen molar-refractivity contribution in [3.05, 3.63) is 47.4 Å². The molecule has 1 aromatic heterocycles. The third kappa shape index (κ3) is 3.83. The summed E-state index contributed by atoms with van der Waals surface area (Å²) in [6, 6.07) is 8.32. The molecule has 0 spiro atoms. The molecule has 1 fully saturated rings. The van der Waals surface area contributed by atoms with Gasteiger partial charge in [-0.25, -0.2) is 8.42 Å². The van der Waals surface area contributed by atoms with Gasteiger partial charge in [-0.2, -0.15) is 4.31 Å². The smallest absolute Gasteiger partial charge is 0.291 e. The minimum atomic E-state index is -3.56. The predicted molar refractivity (Wildman–Crippen MR) is 99.8 cm³/mol. The van der Waals surface area contributed by atoms with Gasteiger partial charge in [0.05, 0.1) is 4.90 Å². The average molecular weight is 376 g/mol. The largest absolute Gasteiger partial charge is 0.456 e. The lowest BCUT2D eigenvalue weighted by atomic mass is 10.2. The number of rotatable bonds is 5. The Kier molecular flexibility index (Phi) is 5.48. The summed E-state index contributed by atoms with van der Waals surface area (Å²) in [6.45, 7) is 4.80. The van der Waals surface area contributed by atoms with Crippen molar-refractivity contribution in [3.63, 3.8) is 0 Å². The van der Waals surface area contributed by atoms with E-state index in [2.05, 4.69) is 5.32 Å². The summed E-state index contributed by atoms with van der Waals surface area (Å²) < 4.78 is 32.9. The highest BCUT2D eigenvalue weighted by Gasteiger charge is 2.27. The summed E-state index contributed by atoms with van der Waals surface area (Å²) in [6.07, 6.45) is 3.53. The lowest BCUT2D eigenvalue weighted by Crippen LogP contribution is -2.36. The van der Waals surface area contributed by atoms with Gasteiger partial charge >= 0.3 is 0 Å². The lowest BCUT2D eigenvalue weighted by molar-refractivity contribution is 0.0995. The van der Waals surface area contributed by atoms with E-state index in [1.807, 2.05) is 6.92 Å². The number of carbonyl (C=O) groups is 1. The molecule has 2 aromatic rings. The zero-order valence-electron chi connectivity index (χ0n) is 15.1. The van der Waals surface area contributed by atoms with Gasteiger partial charge in [0.15, 0.2) is 5.76 Å². The van der Waals surface area contributed by atoms with Gasteiger partial charge in [0.1, 0.15) is 5.76 Å². The maximum atomic E-state index is 13.0. The average Bonchev–Trinajstić information content (AvgIpc) is 3.13. The molecule has 3 rings (SSSR count). The Labute approximate surface area is 154 Å². The molecule has 140 valence electrons. The van der Waals surface area contributed by atoms with Gasteiger partial charge in [-0.3, -0.25) is 4.79 Å². The number of aryl methyl sites for hydroxylation is 2. The number of anilines is 1. The minimum absolute atomic E-state index is 0.211. The van der Waals surface area contributed by atoms with Crippen molar-refractivity contribution in [1.82, 2.24) is 4.31 Å². The molecule has 0 atom stereocenters. The van der Waals surface area contributed by atoms with Crippen molar-refractivity contribution in [2.75, 3.05) is 18.4 Å². The molecule has 2 heterocycles. The zero-order chi connectivity index (χ0) is 18.7. The molecule has 7 heteroatoms. The minimum Gasteiger partial charge on any atom is -0.456 e. The summed E-state index contributed by atoms with van der Waals surface area (Å²) in [4.78, 5) is 12.6. The van der Waals surface area contributed by atoms with Gasteiger partial charge in [-0.05, 0) is 49.6 Å². The van der Waals surface area contributed by atoms with Gasteiger partial charge in [-0.15, -0.1) is 0 Å². The molecule has 0 saturated carbocycles. The standard InChI is InChI=1S/C19H24N2O4S/c1-3-16-9-10-17(25-16)19(22)20-15-8-7-14(2)18(13-15)26(23,24)21-11-5-4-6-12-21/h7-10,13H,3-6,11-12H2,1-2H3,(H,20,22). The SMILES string of the molecule is CCc1ccc(C(=O)Nc2ccc(C)c(S(=O)(=O)N3CCCCC3)c2)o1. The fraction of sp³-hybridized carbons (Fsp3) is 0.421. The molecule has 1 aliphatic heterocycles. The molecule has 1 aromatic carbocycles. The van der Waals surface area contributed by atoms with Crippen LogP contribution in [0.1, 0.15) is 48.1 Å². The first-order valence-electron chi connectivity index (χ1n) is 8.92. The molecule has 6 nitrogen and oxygen atoms in total. The maximum absolute atomic E-state index is 13.0. The van der Waals surface area contributed by atoms with Crippen LogP contribution in [0.3, 0.4) is 0 Å². The topological polar surface area (TPSA) is 79.6 Å². The number of benzene rings is 1. The maximum Gasteiger partial charge on any atom is 0.291 e. The molecule has 0 bridgehead atoms. The molecule has 1 aliphatic rings. The first-order chi connectivity index (χ1) is 12.4. The van der Waals surface area contributed by atoms with Crippen LogP contribution in [0.4, 0.5) is 5.69 Å². The van der Waals surface area contributed by atoms with Crippen LogP contribution in [0.2, 0.25) is 0 Å². The van der Waals surface area contributed by atoms with Crippen molar-refractivity contribution in [3.8, 4) is 0 Å². The normalized spacial score (nSPS) is 15.8. The fourth-order valence-electron chi connectivity index (χ4n) is 3.08. The highest BCUT2D eigenvalue weighted by molar-refractivity contribution is 7.89. The Morgan fingerprint density at radius 2 is 1.88 bits per heavy atom. The summed E-state index contributed by atoms with van der Waals surface area (Å²) in [7, 11) is -3.56. The van der Waals surface area contributed by atoms with Crippen molar-refractivity contribution >= 4 is 21.6 Å². The first-order valence-corrected chi connectivity index (χ1v) is 10.4. The molecule has 1 N–H and O–H groups in total. The number of piperidine rings is 1. The van der Waals surface area contributed by atoms with Gasteiger partial charge in [0, 0.05) is 25.2 Å². The second-order valence-corrected chi connectivity index (χ2v) is 8.43. The molecule has 26 heavy (non-hydrogen) atoms. The number of nitrogens with zero attached hydrogens (tertiary/aromatic N) is 1. The van der Waals surface area contributed by atoms with E-state index in [-0.39, 0.29) is 10.7 Å². The third-order valence-electron chi connectivity index (χ3n) is 4.61. The van der Waals surface area contributed by atoms with Crippen molar-refractivity contribution in [2.24, 2.45) is 0 Å². The molecule has 1 amide bonds. The summed E-state index contributed by atoms with van der Waals surface area (Å²) >= 11 is 0. The van der Waals surface area contributed by atoms with Crippen molar-refractivity contribution in [2.45, 2.75) is 44.4 Å². The Morgan fingerprint density at radius 3 is 2.54 bits per heavy atom. The Balaban J connectivity index is 1.84. The van der Waals surface area contributed by atoms with Gasteiger partial charge in [0.25, 0.3) is 5.91 Å². The van der Waals surface area contributed by atoms with Crippen molar-refractivity contribution in [1.29, 1.82) is 0 Å². The van der Waals surface area contributed by atoms with E-state index in [0.717, 1.165) is 25.0 Å². The van der Waals surface area contributed by atoms with Crippen LogP contribution in [-0.4, -0.2) is 31.7 Å². The highest BCUT2D eigenvalue weighted by atomic mass is 32.2. The van der Waals surface area contributed by atoms with Crippen LogP contribution in [0.25, 0.3) is 0 Å². The second-order valence-electron chi connectivity index (χ2n) is 6.52. The van der Waals surface area contributed by atoms with Crippen LogP contribution >= 0.6 is 0 Å². The number of furan rings is 1. The summed E-state index contributed by atoms with van der Waals surface area (Å²) in [5.74, 6) is 0.546. The molecule has 0 radical (unpaired) electrons. The van der Waals surface area contributed by atoms with E-state index in [0.29, 0.717) is 30.8 Å². The van der Waals surface area contributed by atoms with Crippen LogP contribution < -0.4 is 5.32 Å². The Bertz CT molecular complexity index is 896. The monoisotopic (exact) mass is 376 g/mol. The van der Waals surface area contributed by atoms with Gasteiger partial charge in [-0.1, -0.05) is 19.4 Å². The lowest BCUT2D eigenvalue weighted by Gasteiger charge is -2.26. The number of nitrogens with one attached hydrogen (secondary N) is 1. The number of carbonyl (C=O) groups excluding carboxylic acids is 1. The fourth-order valence-corrected chi connectivity index (χ4v) is 4.85. The van der Waals surface area contributed by atoms with Gasteiger partial charge in [0.2, 0.25) is 10.0 Å². The van der Waals surface area contributed by atoms with Crippen LogP contribution in [0.5, 0.6) is 0 Å². The van der Waals surface area contributed by atoms with Crippen LogP contribution in [0, 0.1) is 6.92 Å². The quantitative estimate of drug-likeness (QED) is 0.865. The Hall–Kier alpha value is -2.12. The van der Waals surface area contributed by atoms with E-state index < -0.39 is 15.9 Å². The van der Waals surface area contributed by atoms with Crippen LogP contribution in [0.15, 0.2) is 39.6 Å². The second kappa shape index (κ2) is 7.63. The van der Waals surface area contributed by atoms with E-state index in [1.54, 1.807) is 31.2 Å². The van der Waals surface area contributed by atoms with Crippen molar-refractivity contribution < 1.29 is 17.6 Å².